The summed E-state index contributed by atoms with van der Waals surface area (Å²) >= 11 is 1.30. The number of thioether (sulfide) groups is 1. The lowest BCUT2D eigenvalue weighted by Crippen LogP contribution is -2.33. The van der Waals surface area contributed by atoms with Crippen molar-refractivity contribution in [3.05, 3.63) is 24.3 Å². The van der Waals surface area contributed by atoms with Crippen molar-refractivity contribution in [2.75, 3.05) is 12.9 Å². The number of aromatic nitrogens is 4. The van der Waals surface area contributed by atoms with Crippen molar-refractivity contribution in [3.63, 3.8) is 0 Å². The van der Waals surface area contributed by atoms with Gasteiger partial charge in [0.15, 0.2) is 0 Å². The van der Waals surface area contributed by atoms with Crippen molar-refractivity contribution < 1.29 is 9.53 Å². The van der Waals surface area contributed by atoms with Crippen LogP contribution in [0.2, 0.25) is 0 Å². The van der Waals surface area contributed by atoms with E-state index < -0.39 is 0 Å². The molecule has 0 aliphatic carbocycles. The number of nitrogens with zero attached hydrogens (tertiary/aromatic N) is 4. The second-order valence-corrected chi connectivity index (χ2v) is 5.68. The van der Waals surface area contributed by atoms with E-state index in [-0.39, 0.29) is 17.7 Å². The van der Waals surface area contributed by atoms with E-state index in [9.17, 15) is 4.79 Å². The SMILES string of the molecule is CC[C@@H](C)NC(=O)CSc1nnnn1-c1ccc(OC)cc1. The van der Waals surface area contributed by atoms with Crippen LogP contribution < -0.4 is 10.1 Å². The van der Waals surface area contributed by atoms with Crippen LogP contribution in [-0.2, 0) is 4.79 Å². The Morgan fingerprint density at radius 2 is 2.14 bits per heavy atom. The molecule has 1 heterocycles. The van der Waals surface area contributed by atoms with Gasteiger partial charge in [0.1, 0.15) is 5.75 Å². The number of methoxy groups -OCH3 is 1. The van der Waals surface area contributed by atoms with E-state index in [0.29, 0.717) is 5.16 Å². The molecule has 0 unspecified atom stereocenters. The standard InChI is InChI=1S/C14H19N5O2S/c1-4-10(2)15-13(20)9-22-14-16-17-18-19(14)11-5-7-12(21-3)8-6-11/h5-8,10H,4,9H2,1-3H3,(H,15,20)/t10-/m1/s1. The molecule has 118 valence electrons. The molecule has 0 saturated heterocycles. The highest BCUT2D eigenvalue weighted by Gasteiger charge is 2.12. The first-order chi connectivity index (χ1) is 10.6. The Hall–Kier alpha value is -2.09. The van der Waals surface area contributed by atoms with E-state index in [4.69, 9.17) is 4.74 Å². The monoisotopic (exact) mass is 321 g/mol. The van der Waals surface area contributed by atoms with Crippen molar-refractivity contribution in [2.45, 2.75) is 31.5 Å². The summed E-state index contributed by atoms with van der Waals surface area (Å²) in [6, 6.07) is 7.56. The molecule has 0 aliphatic rings. The van der Waals surface area contributed by atoms with Gasteiger partial charge in [-0.25, -0.2) is 0 Å². The number of rotatable bonds is 7. The Bertz CT molecular complexity index is 614. The average Bonchev–Trinajstić information content (AvgIpc) is 3.01. The molecule has 22 heavy (non-hydrogen) atoms. The summed E-state index contributed by atoms with van der Waals surface area (Å²) in [7, 11) is 1.61. The third kappa shape index (κ3) is 4.20. The third-order valence-electron chi connectivity index (χ3n) is 3.11. The van der Waals surface area contributed by atoms with Gasteiger partial charge in [0.05, 0.1) is 18.6 Å². The van der Waals surface area contributed by atoms with E-state index in [1.807, 2.05) is 38.1 Å². The number of amides is 1. The van der Waals surface area contributed by atoms with Crippen LogP contribution in [0, 0.1) is 0 Å². The lowest BCUT2D eigenvalue weighted by molar-refractivity contribution is -0.119. The summed E-state index contributed by atoms with van der Waals surface area (Å²) < 4.78 is 6.72. The van der Waals surface area contributed by atoms with Gasteiger partial charge in [-0.05, 0) is 48.0 Å². The quantitative estimate of drug-likeness (QED) is 0.781. The summed E-state index contributed by atoms with van der Waals surface area (Å²) in [4.78, 5) is 11.8. The van der Waals surface area contributed by atoms with Crippen molar-refractivity contribution in [2.24, 2.45) is 0 Å². The van der Waals surface area contributed by atoms with E-state index in [2.05, 4.69) is 20.8 Å². The van der Waals surface area contributed by atoms with Gasteiger partial charge in [0.25, 0.3) is 0 Å². The van der Waals surface area contributed by atoms with Crippen molar-refractivity contribution in [3.8, 4) is 11.4 Å². The molecule has 1 atom stereocenters. The van der Waals surface area contributed by atoms with Gasteiger partial charge in [-0.3, -0.25) is 4.79 Å². The highest BCUT2D eigenvalue weighted by atomic mass is 32.2. The molecule has 0 radical (unpaired) electrons. The van der Waals surface area contributed by atoms with Crippen LogP contribution in [0.1, 0.15) is 20.3 Å². The molecule has 1 aromatic carbocycles. The number of carbonyl (C=O) groups is 1. The van der Waals surface area contributed by atoms with Gasteiger partial charge < -0.3 is 10.1 Å². The minimum Gasteiger partial charge on any atom is -0.497 e. The van der Waals surface area contributed by atoms with Gasteiger partial charge >= 0.3 is 0 Å². The van der Waals surface area contributed by atoms with Crippen LogP contribution in [0.5, 0.6) is 5.75 Å². The smallest absolute Gasteiger partial charge is 0.230 e. The van der Waals surface area contributed by atoms with Crippen molar-refractivity contribution >= 4 is 17.7 Å². The van der Waals surface area contributed by atoms with Gasteiger partial charge in [-0.15, -0.1) is 5.10 Å². The summed E-state index contributed by atoms with van der Waals surface area (Å²) in [6.45, 7) is 4.01. The van der Waals surface area contributed by atoms with E-state index in [1.54, 1.807) is 11.8 Å². The van der Waals surface area contributed by atoms with Crippen LogP contribution in [-0.4, -0.2) is 45.0 Å². The molecule has 1 amide bonds. The molecular formula is C14H19N5O2S. The number of hydrogen-bond acceptors (Lipinski definition) is 6. The van der Waals surface area contributed by atoms with Crippen LogP contribution in [0.15, 0.2) is 29.4 Å². The van der Waals surface area contributed by atoms with Crippen LogP contribution in [0.25, 0.3) is 5.69 Å². The Morgan fingerprint density at radius 3 is 2.77 bits per heavy atom. The number of hydrogen-bond donors (Lipinski definition) is 1. The Balaban J connectivity index is 2.01. The topological polar surface area (TPSA) is 81.9 Å². The Kier molecular flexibility index (Phi) is 5.76. The summed E-state index contributed by atoms with van der Waals surface area (Å²) in [5.74, 6) is 1.02. The number of benzene rings is 1. The minimum atomic E-state index is -0.0244. The molecule has 0 aliphatic heterocycles. The fraction of sp³-hybridized carbons (Fsp3) is 0.429. The molecule has 2 rings (SSSR count). The first kappa shape index (κ1) is 16.3. The predicted molar refractivity (Wildman–Crippen MR) is 84.3 cm³/mol. The number of carbonyl (C=O) groups excluding carboxylic acids is 1. The number of tetrazole rings is 1. The van der Waals surface area contributed by atoms with Crippen LogP contribution >= 0.6 is 11.8 Å². The summed E-state index contributed by atoms with van der Waals surface area (Å²) in [5, 5.41) is 15.1. The number of nitrogens with one attached hydrogen (secondary N) is 1. The Morgan fingerprint density at radius 1 is 1.41 bits per heavy atom. The second kappa shape index (κ2) is 7.79. The lowest BCUT2D eigenvalue weighted by atomic mass is 10.3. The maximum Gasteiger partial charge on any atom is 0.230 e. The molecule has 0 spiro atoms. The molecule has 0 bridgehead atoms. The molecular weight excluding hydrogens is 302 g/mol. The first-order valence-corrected chi connectivity index (χ1v) is 7.97. The molecule has 0 fully saturated rings. The Labute approximate surface area is 133 Å². The fourth-order valence-electron chi connectivity index (χ4n) is 1.70. The fourth-order valence-corrected chi connectivity index (χ4v) is 2.41. The molecule has 1 aromatic heterocycles. The minimum absolute atomic E-state index is 0.0244. The maximum atomic E-state index is 11.8. The van der Waals surface area contributed by atoms with E-state index >= 15 is 0 Å². The van der Waals surface area contributed by atoms with Crippen molar-refractivity contribution in [1.82, 2.24) is 25.5 Å². The highest BCUT2D eigenvalue weighted by Crippen LogP contribution is 2.20. The number of ether oxygens (including phenoxy) is 1. The first-order valence-electron chi connectivity index (χ1n) is 6.99. The van der Waals surface area contributed by atoms with Gasteiger partial charge in [-0.2, -0.15) is 4.68 Å². The molecule has 7 nitrogen and oxygen atoms in total. The van der Waals surface area contributed by atoms with Gasteiger partial charge in [0.2, 0.25) is 11.1 Å². The van der Waals surface area contributed by atoms with E-state index in [1.165, 1.54) is 11.8 Å². The lowest BCUT2D eigenvalue weighted by Gasteiger charge is -2.10. The predicted octanol–water partition coefficient (Wildman–Crippen LogP) is 1.68. The third-order valence-corrected chi connectivity index (χ3v) is 4.03. The van der Waals surface area contributed by atoms with Crippen molar-refractivity contribution in [1.29, 1.82) is 0 Å². The maximum absolute atomic E-state index is 11.8. The highest BCUT2D eigenvalue weighted by molar-refractivity contribution is 7.99. The van der Waals surface area contributed by atoms with Gasteiger partial charge in [0, 0.05) is 6.04 Å². The molecule has 0 saturated carbocycles. The molecule has 2 aromatic rings. The van der Waals surface area contributed by atoms with Crippen LogP contribution in [0.4, 0.5) is 0 Å². The zero-order valence-corrected chi connectivity index (χ0v) is 13.6. The second-order valence-electron chi connectivity index (χ2n) is 4.74. The molecule has 1 N–H and O–H groups in total. The zero-order chi connectivity index (χ0) is 15.9. The van der Waals surface area contributed by atoms with Gasteiger partial charge in [-0.1, -0.05) is 18.7 Å². The normalized spacial score (nSPS) is 12.0. The molecule has 8 heteroatoms. The van der Waals surface area contributed by atoms with E-state index in [0.717, 1.165) is 17.9 Å². The van der Waals surface area contributed by atoms with Crippen LogP contribution in [0.3, 0.4) is 0 Å². The largest absolute Gasteiger partial charge is 0.497 e. The zero-order valence-electron chi connectivity index (χ0n) is 12.8. The average molecular weight is 321 g/mol. The summed E-state index contributed by atoms with van der Waals surface area (Å²) in [6.07, 6.45) is 0.903. The summed E-state index contributed by atoms with van der Waals surface area (Å²) in [5.41, 5.74) is 0.815.